The smallest absolute Gasteiger partial charge is 0.222 e. The van der Waals surface area contributed by atoms with E-state index in [4.69, 9.17) is 25.7 Å². The predicted molar refractivity (Wildman–Crippen MR) is 124 cm³/mol. The Kier molecular flexibility index (Phi) is 3.98. The molecule has 6 rings (SSSR count). The van der Waals surface area contributed by atoms with E-state index >= 15 is 0 Å². The Labute approximate surface area is 186 Å². The number of aliphatic imine (C=N–C) groups is 1. The van der Waals surface area contributed by atoms with Crippen molar-refractivity contribution in [1.82, 2.24) is 5.06 Å². The highest BCUT2D eigenvalue weighted by molar-refractivity contribution is 5.81. The van der Waals surface area contributed by atoms with Gasteiger partial charge in [-0.1, -0.05) is 48.5 Å². The van der Waals surface area contributed by atoms with E-state index in [1.165, 1.54) is 17.3 Å². The molecule has 0 radical (unpaired) electrons. The van der Waals surface area contributed by atoms with Gasteiger partial charge in [-0.05, 0) is 46.0 Å². The van der Waals surface area contributed by atoms with Crippen LogP contribution in [0.5, 0.6) is 5.75 Å². The second-order valence-electron chi connectivity index (χ2n) is 8.91. The van der Waals surface area contributed by atoms with Crippen molar-refractivity contribution in [2.24, 2.45) is 10.7 Å². The fourth-order valence-corrected chi connectivity index (χ4v) is 5.30. The Morgan fingerprint density at radius 2 is 1.75 bits per heavy atom. The van der Waals surface area contributed by atoms with Crippen LogP contribution in [-0.2, 0) is 23.4 Å². The van der Waals surface area contributed by atoms with Gasteiger partial charge in [-0.15, -0.1) is 0 Å². The molecule has 0 amide bonds. The zero-order chi connectivity index (χ0) is 21.9. The van der Waals surface area contributed by atoms with E-state index in [0.29, 0.717) is 12.4 Å². The lowest BCUT2D eigenvalue weighted by molar-refractivity contribution is -0.203. The third-order valence-corrected chi connectivity index (χ3v) is 6.72. The van der Waals surface area contributed by atoms with Crippen LogP contribution in [0.15, 0.2) is 71.7 Å². The molecule has 1 aliphatic carbocycles. The van der Waals surface area contributed by atoms with Crippen LogP contribution >= 0.6 is 0 Å². The van der Waals surface area contributed by atoms with Gasteiger partial charge in [-0.2, -0.15) is 0 Å². The van der Waals surface area contributed by atoms with Crippen molar-refractivity contribution in [3.05, 3.63) is 89.0 Å². The van der Waals surface area contributed by atoms with E-state index in [1.54, 1.807) is 12.1 Å². The van der Waals surface area contributed by atoms with Crippen LogP contribution in [0.3, 0.4) is 0 Å². The molecule has 3 aromatic rings. The largest absolute Gasteiger partial charge is 0.486 e. The summed E-state index contributed by atoms with van der Waals surface area (Å²) in [7, 11) is 1.79. The number of fused-ring (bicyclic) bond motifs is 3. The molecule has 3 aliphatic rings. The Hall–Kier alpha value is -3.64. The van der Waals surface area contributed by atoms with Gasteiger partial charge < -0.3 is 15.9 Å². The number of guanidine groups is 1. The first kappa shape index (κ1) is 19.1. The van der Waals surface area contributed by atoms with E-state index in [9.17, 15) is 0 Å². The fraction of sp³-hybridized carbons (Fsp3) is 0.231. The summed E-state index contributed by atoms with van der Waals surface area (Å²) < 4.78 is 6.71. The normalized spacial score (nSPS) is 22.4. The first-order valence-electron chi connectivity index (χ1n) is 10.8. The highest BCUT2D eigenvalue weighted by atomic mass is 16.7. The quantitative estimate of drug-likeness (QED) is 0.609. The third-order valence-electron chi connectivity index (χ3n) is 6.72. The van der Waals surface area contributed by atoms with Crippen molar-refractivity contribution >= 4 is 12.2 Å². The minimum atomic E-state index is -0.927. The van der Waals surface area contributed by atoms with Crippen LogP contribution in [0, 0.1) is 5.41 Å². The second-order valence-corrected chi connectivity index (χ2v) is 8.91. The molecule has 3 N–H and O–H groups in total. The molecule has 3 aromatic carbocycles. The van der Waals surface area contributed by atoms with Gasteiger partial charge in [0.05, 0.1) is 5.56 Å². The van der Waals surface area contributed by atoms with E-state index in [0.717, 1.165) is 40.8 Å². The molecule has 0 bridgehead atoms. The lowest BCUT2D eigenvalue weighted by Gasteiger charge is -2.43. The van der Waals surface area contributed by atoms with E-state index in [2.05, 4.69) is 36.4 Å². The maximum Gasteiger partial charge on any atom is 0.222 e. The summed E-state index contributed by atoms with van der Waals surface area (Å²) in [5, 5.41) is 9.12. The van der Waals surface area contributed by atoms with Crippen molar-refractivity contribution in [2.45, 2.75) is 30.6 Å². The number of rotatable bonds is 2. The maximum absolute atomic E-state index is 7.57. The number of nitrogens with two attached hydrogens (primary N) is 1. The molecule has 2 heterocycles. The van der Waals surface area contributed by atoms with Crippen LogP contribution in [-0.4, -0.2) is 29.9 Å². The molecule has 2 aliphatic heterocycles. The van der Waals surface area contributed by atoms with Crippen molar-refractivity contribution in [1.29, 1.82) is 5.41 Å². The highest BCUT2D eigenvalue weighted by Gasteiger charge is 2.56. The fourth-order valence-electron chi connectivity index (χ4n) is 5.30. The van der Waals surface area contributed by atoms with Gasteiger partial charge in [-0.3, -0.25) is 0 Å². The summed E-state index contributed by atoms with van der Waals surface area (Å²) in [6.45, 7) is 0. The topological polar surface area (TPSA) is 83.9 Å². The molecule has 0 fully saturated rings. The summed E-state index contributed by atoms with van der Waals surface area (Å²) in [5.74, 6) is 1.14. The van der Waals surface area contributed by atoms with Crippen LogP contribution in [0.25, 0.3) is 11.1 Å². The first-order valence-corrected chi connectivity index (χ1v) is 10.8. The number of ether oxygens (including phenoxy) is 1. The average Bonchev–Trinajstić information content (AvgIpc) is 3.29. The SMILES string of the molecule is CN1OC2(CC3(Cc4ccccc4C3)Oc3ccc(-c4cccc(C=N)c4)cc32)N=C1N. The summed E-state index contributed by atoms with van der Waals surface area (Å²) in [6, 6.07) is 22.6. The van der Waals surface area contributed by atoms with Crippen LogP contribution in [0.1, 0.15) is 28.7 Å². The number of hydrogen-bond donors (Lipinski definition) is 2. The minimum Gasteiger partial charge on any atom is -0.486 e. The average molecular weight is 425 g/mol. The summed E-state index contributed by atoms with van der Waals surface area (Å²) in [4.78, 5) is 11.2. The van der Waals surface area contributed by atoms with E-state index in [1.807, 2.05) is 30.3 Å². The minimum absolute atomic E-state index is 0.361. The van der Waals surface area contributed by atoms with Crippen LogP contribution in [0.4, 0.5) is 0 Å². The zero-order valence-electron chi connectivity index (χ0n) is 17.8. The second kappa shape index (κ2) is 6.68. The molecule has 160 valence electrons. The van der Waals surface area contributed by atoms with Crippen molar-refractivity contribution < 1.29 is 9.57 Å². The molecule has 32 heavy (non-hydrogen) atoms. The Morgan fingerprint density at radius 1 is 1.00 bits per heavy atom. The molecular formula is C26H24N4O2. The lowest BCUT2D eigenvalue weighted by Crippen LogP contribution is -2.49. The monoisotopic (exact) mass is 424 g/mol. The van der Waals surface area contributed by atoms with E-state index < -0.39 is 11.3 Å². The molecule has 6 nitrogen and oxygen atoms in total. The van der Waals surface area contributed by atoms with Gasteiger partial charge >= 0.3 is 0 Å². The zero-order valence-corrected chi connectivity index (χ0v) is 17.8. The number of hydroxylamine groups is 2. The van der Waals surface area contributed by atoms with Gasteiger partial charge in [-0.25, -0.2) is 14.9 Å². The van der Waals surface area contributed by atoms with Gasteiger partial charge in [0.1, 0.15) is 11.4 Å². The lowest BCUT2D eigenvalue weighted by atomic mass is 9.81. The summed E-state index contributed by atoms with van der Waals surface area (Å²) >= 11 is 0. The Bertz CT molecular complexity index is 1260. The molecule has 1 unspecified atom stereocenters. The third kappa shape index (κ3) is 2.83. The highest BCUT2D eigenvalue weighted by Crippen LogP contribution is 2.53. The molecule has 2 spiro atoms. The van der Waals surface area contributed by atoms with Crippen molar-refractivity contribution in [3.63, 3.8) is 0 Å². The number of nitrogens with zero attached hydrogens (tertiary/aromatic N) is 2. The number of nitrogens with one attached hydrogen (secondary N) is 1. The molecular weight excluding hydrogens is 400 g/mol. The molecule has 0 saturated heterocycles. The Morgan fingerprint density at radius 3 is 2.44 bits per heavy atom. The number of hydrogen-bond acceptors (Lipinski definition) is 6. The summed E-state index contributed by atoms with van der Waals surface area (Å²) in [6.07, 6.45) is 3.57. The van der Waals surface area contributed by atoms with Gasteiger partial charge in [0.15, 0.2) is 0 Å². The van der Waals surface area contributed by atoms with Gasteiger partial charge in [0.2, 0.25) is 11.7 Å². The molecule has 0 saturated carbocycles. The van der Waals surface area contributed by atoms with Crippen LogP contribution < -0.4 is 10.5 Å². The number of benzene rings is 3. The molecule has 1 atom stereocenters. The van der Waals surface area contributed by atoms with Crippen molar-refractivity contribution in [3.8, 4) is 16.9 Å². The maximum atomic E-state index is 7.57. The Balaban J connectivity index is 1.48. The standard InChI is InChI=1S/C26H24N4O2/c1-30-24(28)29-26(32-30)16-25(13-20-6-2-3-7-21(20)14-25)31-23-10-9-19(12-22(23)26)18-8-4-5-17(11-18)15-27/h2-12,15,27H,13-14,16H2,1H3,(H2,28,29). The molecule has 0 aromatic heterocycles. The van der Waals surface area contributed by atoms with Gasteiger partial charge in [0.25, 0.3) is 0 Å². The van der Waals surface area contributed by atoms with Crippen molar-refractivity contribution in [2.75, 3.05) is 7.05 Å². The van der Waals surface area contributed by atoms with Crippen LogP contribution in [0.2, 0.25) is 0 Å². The van der Waals surface area contributed by atoms with Gasteiger partial charge in [0, 0.05) is 32.5 Å². The first-order chi connectivity index (χ1) is 15.5. The van der Waals surface area contributed by atoms with E-state index in [-0.39, 0.29) is 0 Å². The summed E-state index contributed by atoms with van der Waals surface area (Å²) in [5.41, 5.74) is 11.2. The molecule has 6 heteroatoms. The predicted octanol–water partition coefficient (Wildman–Crippen LogP) is 4.02.